The van der Waals surface area contributed by atoms with Crippen molar-refractivity contribution in [2.75, 3.05) is 26.2 Å². The normalized spacial score (nSPS) is 25.9. The van der Waals surface area contributed by atoms with Crippen LogP contribution in [0.3, 0.4) is 0 Å². The van der Waals surface area contributed by atoms with Crippen molar-refractivity contribution in [3.8, 4) is 0 Å². The quantitative estimate of drug-likeness (QED) is 0.765. The van der Waals surface area contributed by atoms with E-state index in [0.717, 1.165) is 55.6 Å². The predicted molar refractivity (Wildman–Crippen MR) is 125 cm³/mol. The third-order valence-corrected chi connectivity index (χ3v) is 7.59. The maximum absolute atomic E-state index is 14.1. The molecule has 3 aliphatic rings. The molecule has 2 aromatic rings. The predicted octanol–water partition coefficient (Wildman–Crippen LogP) is 4.09. The van der Waals surface area contributed by atoms with Crippen LogP contribution in [0.2, 0.25) is 0 Å². The highest BCUT2D eigenvalue weighted by atomic mass is 19.1. The number of carbonyl (C=O) groups is 2. The highest BCUT2D eigenvalue weighted by Crippen LogP contribution is 2.41. The average molecular weight is 450 g/mol. The van der Waals surface area contributed by atoms with Crippen molar-refractivity contribution in [2.45, 2.75) is 56.5 Å². The van der Waals surface area contributed by atoms with Crippen LogP contribution in [0, 0.1) is 5.82 Å². The Labute approximate surface area is 195 Å². The molecule has 2 aromatic carbocycles. The number of nitrogens with one attached hydrogen (secondary N) is 1. The smallest absolute Gasteiger partial charge is 0.254 e. The molecule has 5 rings (SSSR count). The number of hydrogen-bond donors (Lipinski definition) is 1. The Kier molecular flexibility index (Phi) is 6.19. The number of benzene rings is 2. The summed E-state index contributed by atoms with van der Waals surface area (Å²) < 4.78 is 14.1. The lowest BCUT2D eigenvalue weighted by Crippen LogP contribution is -2.52. The first-order valence-electron chi connectivity index (χ1n) is 12.2. The van der Waals surface area contributed by atoms with Crippen LogP contribution in [0.4, 0.5) is 4.39 Å². The largest absolute Gasteiger partial charge is 0.348 e. The SMILES string of the molecule is O=C1CCCC[C@]2(CN(C(=O)c3ccccc3CN3CCCC3)C[C@H]2c2cccc(F)c2)N1. The van der Waals surface area contributed by atoms with Crippen molar-refractivity contribution >= 4 is 11.8 Å². The summed E-state index contributed by atoms with van der Waals surface area (Å²) in [7, 11) is 0. The molecule has 2 atom stereocenters. The molecule has 3 fully saturated rings. The lowest BCUT2D eigenvalue weighted by atomic mass is 9.79. The summed E-state index contributed by atoms with van der Waals surface area (Å²) in [6.07, 6.45) is 5.47. The molecule has 3 heterocycles. The molecule has 0 unspecified atom stereocenters. The van der Waals surface area contributed by atoms with Crippen molar-refractivity contribution in [3.63, 3.8) is 0 Å². The number of nitrogens with zero attached hydrogens (tertiary/aromatic N) is 2. The van der Waals surface area contributed by atoms with E-state index in [9.17, 15) is 14.0 Å². The zero-order valence-corrected chi connectivity index (χ0v) is 19.1. The van der Waals surface area contributed by atoms with Gasteiger partial charge in [0, 0.05) is 37.5 Å². The molecule has 0 saturated carbocycles. The van der Waals surface area contributed by atoms with E-state index < -0.39 is 5.54 Å². The number of hydrogen-bond acceptors (Lipinski definition) is 3. The van der Waals surface area contributed by atoms with Crippen LogP contribution < -0.4 is 5.32 Å². The van der Waals surface area contributed by atoms with Gasteiger partial charge < -0.3 is 10.2 Å². The van der Waals surface area contributed by atoms with E-state index in [1.807, 2.05) is 29.2 Å². The summed E-state index contributed by atoms with van der Waals surface area (Å²) in [4.78, 5) is 30.7. The van der Waals surface area contributed by atoms with Gasteiger partial charge in [-0.1, -0.05) is 36.8 Å². The van der Waals surface area contributed by atoms with Crippen molar-refractivity contribution in [2.24, 2.45) is 0 Å². The molecular formula is C27H32FN3O2. The van der Waals surface area contributed by atoms with Gasteiger partial charge in [-0.15, -0.1) is 0 Å². The van der Waals surface area contributed by atoms with Gasteiger partial charge >= 0.3 is 0 Å². The fraction of sp³-hybridized carbons (Fsp3) is 0.481. The molecule has 1 spiro atoms. The Bertz CT molecular complexity index is 1040. The van der Waals surface area contributed by atoms with Crippen LogP contribution in [0.5, 0.6) is 0 Å². The highest BCUT2D eigenvalue weighted by molar-refractivity contribution is 5.96. The Balaban J connectivity index is 1.46. The number of halogens is 1. The second-order valence-electron chi connectivity index (χ2n) is 9.85. The van der Waals surface area contributed by atoms with Gasteiger partial charge in [-0.05, 0) is 68.1 Å². The van der Waals surface area contributed by atoms with Gasteiger partial charge in [0.1, 0.15) is 5.82 Å². The average Bonchev–Trinajstić information content (AvgIpc) is 3.40. The third-order valence-electron chi connectivity index (χ3n) is 7.59. The van der Waals surface area contributed by atoms with Crippen LogP contribution in [0.25, 0.3) is 0 Å². The lowest BCUT2D eigenvalue weighted by molar-refractivity contribution is -0.122. The minimum atomic E-state index is -0.555. The Hall–Kier alpha value is -2.73. The van der Waals surface area contributed by atoms with Crippen LogP contribution in [0.1, 0.15) is 65.9 Å². The first kappa shape index (κ1) is 22.1. The van der Waals surface area contributed by atoms with Crippen LogP contribution >= 0.6 is 0 Å². The van der Waals surface area contributed by atoms with E-state index in [1.54, 1.807) is 12.1 Å². The Morgan fingerprint density at radius 3 is 2.70 bits per heavy atom. The zero-order valence-electron chi connectivity index (χ0n) is 19.1. The highest BCUT2D eigenvalue weighted by Gasteiger charge is 2.50. The fourth-order valence-electron chi connectivity index (χ4n) is 5.94. The second-order valence-corrected chi connectivity index (χ2v) is 9.85. The molecular weight excluding hydrogens is 417 g/mol. The summed E-state index contributed by atoms with van der Waals surface area (Å²) in [6, 6.07) is 14.5. The van der Waals surface area contributed by atoms with Gasteiger partial charge in [-0.3, -0.25) is 14.5 Å². The van der Waals surface area contributed by atoms with Crippen LogP contribution in [0.15, 0.2) is 48.5 Å². The topological polar surface area (TPSA) is 52.7 Å². The molecule has 174 valence electrons. The number of likely N-dealkylation sites (tertiary alicyclic amines) is 2. The Morgan fingerprint density at radius 1 is 1.06 bits per heavy atom. The first-order chi connectivity index (χ1) is 16.0. The maximum Gasteiger partial charge on any atom is 0.254 e. The molecule has 1 N–H and O–H groups in total. The minimum Gasteiger partial charge on any atom is -0.348 e. The summed E-state index contributed by atoms with van der Waals surface area (Å²) in [6.45, 7) is 3.86. The number of amides is 2. The van der Waals surface area contributed by atoms with Crippen LogP contribution in [-0.4, -0.2) is 53.3 Å². The number of carbonyl (C=O) groups excluding carboxylic acids is 2. The van der Waals surface area contributed by atoms with Crippen molar-refractivity contribution in [3.05, 3.63) is 71.0 Å². The van der Waals surface area contributed by atoms with Gasteiger partial charge in [0.05, 0.1) is 5.54 Å². The first-order valence-corrected chi connectivity index (χ1v) is 12.2. The van der Waals surface area contributed by atoms with E-state index >= 15 is 0 Å². The van der Waals surface area contributed by atoms with E-state index in [0.29, 0.717) is 19.5 Å². The monoisotopic (exact) mass is 449 g/mol. The molecule has 2 amide bonds. The van der Waals surface area contributed by atoms with Gasteiger partial charge in [0.15, 0.2) is 0 Å². The molecule has 0 aliphatic carbocycles. The standard InChI is InChI=1S/C27H32FN3O2/c28-22-10-7-9-20(16-22)24-18-31(19-27(24)13-4-3-12-25(32)29-27)26(33)23-11-2-1-8-21(23)17-30-14-5-6-15-30/h1-2,7-11,16,24H,3-6,12-15,17-19H2,(H,29,32)/t24-,27+/m0/s1. The summed E-state index contributed by atoms with van der Waals surface area (Å²) in [5.41, 5.74) is 2.08. The molecule has 3 aliphatic heterocycles. The van der Waals surface area contributed by atoms with Gasteiger partial charge in [0.25, 0.3) is 5.91 Å². The minimum absolute atomic E-state index is 0.00145. The van der Waals surface area contributed by atoms with E-state index in [-0.39, 0.29) is 23.5 Å². The van der Waals surface area contributed by atoms with Crippen molar-refractivity contribution in [1.29, 1.82) is 0 Å². The maximum atomic E-state index is 14.1. The van der Waals surface area contributed by atoms with E-state index in [2.05, 4.69) is 16.3 Å². The summed E-state index contributed by atoms with van der Waals surface area (Å²) in [5.74, 6) is -0.396. The second kappa shape index (κ2) is 9.26. The van der Waals surface area contributed by atoms with Crippen LogP contribution in [-0.2, 0) is 11.3 Å². The van der Waals surface area contributed by atoms with Crippen molar-refractivity contribution < 1.29 is 14.0 Å². The fourth-order valence-corrected chi connectivity index (χ4v) is 5.94. The zero-order chi connectivity index (χ0) is 22.8. The molecule has 33 heavy (non-hydrogen) atoms. The molecule has 0 aromatic heterocycles. The number of rotatable bonds is 4. The molecule has 6 heteroatoms. The molecule has 0 radical (unpaired) electrons. The molecule has 3 saturated heterocycles. The third kappa shape index (κ3) is 4.54. The summed E-state index contributed by atoms with van der Waals surface area (Å²) >= 11 is 0. The lowest BCUT2D eigenvalue weighted by Gasteiger charge is -2.34. The Morgan fingerprint density at radius 2 is 1.88 bits per heavy atom. The van der Waals surface area contributed by atoms with Crippen molar-refractivity contribution in [1.82, 2.24) is 15.1 Å². The van der Waals surface area contributed by atoms with E-state index in [4.69, 9.17) is 0 Å². The molecule has 0 bridgehead atoms. The molecule has 5 nitrogen and oxygen atoms in total. The van der Waals surface area contributed by atoms with Gasteiger partial charge in [-0.2, -0.15) is 0 Å². The van der Waals surface area contributed by atoms with Gasteiger partial charge in [0.2, 0.25) is 5.91 Å². The summed E-state index contributed by atoms with van der Waals surface area (Å²) in [5, 5.41) is 3.27. The van der Waals surface area contributed by atoms with Gasteiger partial charge in [-0.25, -0.2) is 4.39 Å². The van der Waals surface area contributed by atoms with E-state index in [1.165, 1.54) is 18.9 Å².